The van der Waals surface area contributed by atoms with Gasteiger partial charge in [0.25, 0.3) is 0 Å². The number of allylic oxidation sites excluding steroid dienone is 3. The summed E-state index contributed by atoms with van der Waals surface area (Å²) in [4.78, 5) is 8.25. The van der Waals surface area contributed by atoms with Gasteiger partial charge in [0.05, 0.1) is 0 Å². The van der Waals surface area contributed by atoms with Crippen LogP contribution in [0.15, 0.2) is 75.2 Å². The van der Waals surface area contributed by atoms with Crippen molar-refractivity contribution in [2.24, 2.45) is 15.7 Å². The number of hydrogen-bond donors (Lipinski definition) is 2. The molecule has 0 atom stereocenters. The first-order valence-corrected chi connectivity index (χ1v) is 7.44. The monoisotopic (exact) mass is 362 g/mol. The number of hydrogen-bond acceptors (Lipinski definition) is 3. The van der Waals surface area contributed by atoms with Crippen molar-refractivity contribution >= 4 is 28.1 Å². The van der Waals surface area contributed by atoms with Crippen LogP contribution < -0.4 is 15.8 Å². The van der Waals surface area contributed by atoms with Gasteiger partial charge in [-0.1, -0.05) is 30.4 Å². The van der Waals surface area contributed by atoms with Crippen LogP contribution in [0, 0.1) is 0 Å². The fourth-order valence-corrected chi connectivity index (χ4v) is 1.34. The highest BCUT2D eigenvalue weighted by Gasteiger charge is 1.98. The topological polar surface area (TPSA) is 72.0 Å². The van der Waals surface area contributed by atoms with Crippen LogP contribution in [0.2, 0.25) is 0 Å². The van der Waals surface area contributed by atoms with Crippen molar-refractivity contribution in [3.8, 4) is 5.75 Å². The summed E-state index contributed by atoms with van der Waals surface area (Å²) in [6.07, 6.45) is 8.34. The van der Waals surface area contributed by atoms with Gasteiger partial charge < -0.3 is 15.8 Å². The van der Waals surface area contributed by atoms with Crippen LogP contribution in [0.3, 0.4) is 0 Å². The smallest absolute Gasteiger partial charge is 0.199 e. The molecule has 0 radical (unpaired) electrons. The third-order valence-corrected chi connectivity index (χ3v) is 2.93. The highest BCUT2D eigenvalue weighted by atomic mass is 79.9. The quantitative estimate of drug-likeness (QED) is 0.460. The van der Waals surface area contributed by atoms with E-state index in [4.69, 9.17) is 10.5 Å². The molecule has 0 heterocycles. The molecule has 0 aliphatic heterocycles. The summed E-state index contributed by atoms with van der Waals surface area (Å²) in [7, 11) is 0. The Balaban J connectivity index is 2.87. The third-order valence-electron chi connectivity index (χ3n) is 2.27. The lowest BCUT2D eigenvalue weighted by atomic mass is 10.3. The Hall–Kier alpha value is -2.34. The molecule has 5 nitrogen and oxygen atoms in total. The van der Waals surface area contributed by atoms with Gasteiger partial charge in [0.15, 0.2) is 11.8 Å². The summed E-state index contributed by atoms with van der Waals surface area (Å²) in [6.45, 7) is 3.75. The number of ether oxygens (including phenoxy) is 1. The molecule has 116 valence electrons. The molecule has 0 saturated carbocycles. The Morgan fingerprint density at radius 3 is 2.64 bits per heavy atom. The molecule has 0 unspecified atom stereocenters. The van der Waals surface area contributed by atoms with Gasteiger partial charge in [0.2, 0.25) is 0 Å². The summed E-state index contributed by atoms with van der Waals surface area (Å²) < 4.78 is 6.37. The molecule has 0 saturated heterocycles. The standard InChI is InChI=1S/C16H19BrN4O/c1-3-10-19-16(18)21-15(20-11-13(17)4-2)12-22-14-8-6-5-7-9-14/h3-12H,1-2H3,(H3,18,19,21)/b10-3+,13-4+,15-12-,20-11-. The Morgan fingerprint density at radius 2 is 2.00 bits per heavy atom. The van der Waals surface area contributed by atoms with Crippen LogP contribution in [0.5, 0.6) is 5.75 Å². The van der Waals surface area contributed by atoms with Crippen LogP contribution in [-0.4, -0.2) is 12.2 Å². The van der Waals surface area contributed by atoms with E-state index in [0.717, 1.165) is 4.48 Å². The molecule has 22 heavy (non-hydrogen) atoms. The minimum absolute atomic E-state index is 0.217. The van der Waals surface area contributed by atoms with Crippen molar-refractivity contribution in [1.29, 1.82) is 0 Å². The number of para-hydroxylation sites is 1. The Kier molecular flexibility index (Phi) is 8.37. The van der Waals surface area contributed by atoms with Gasteiger partial charge in [-0.05, 0) is 41.9 Å². The summed E-state index contributed by atoms with van der Waals surface area (Å²) >= 11 is 3.35. The van der Waals surface area contributed by atoms with Gasteiger partial charge in [0.1, 0.15) is 12.0 Å². The zero-order valence-electron chi connectivity index (χ0n) is 12.5. The molecule has 0 aromatic heterocycles. The lowest BCUT2D eigenvalue weighted by molar-refractivity contribution is 0.472. The SMILES string of the molecule is C/C=C/N=C(N)NC(=C\Oc1ccccc1)/N=C\C(Br)=C/C. The first-order chi connectivity index (χ1) is 10.7. The predicted octanol–water partition coefficient (Wildman–Crippen LogP) is 3.67. The zero-order chi connectivity index (χ0) is 16.2. The normalized spacial score (nSPS) is 13.9. The van der Waals surface area contributed by atoms with Crippen molar-refractivity contribution in [3.63, 3.8) is 0 Å². The lowest BCUT2D eigenvalue weighted by Crippen LogP contribution is -2.30. The zero-order valence-corrected chi connectivity index (χ0v) is 14.1. The van der Waals surface area contributed by atoms with Gasteiger partial charge in [-0.15, -0.1) is 0 Å². The number of rotatable bonds is 6. The van der Waals surface area contributed by atoms with Crippen LogP contribution >= 0.6 is 15.9 Å². The minimum Gasteiger partial charge on any atom is -0.461 e. The largest absolute Gasteiger partial charge is 0.461 e. The first kappa shape index (κ1) is 17.7. The van der Waals surface area contributed by atoms with Crippen LogP contribution in [-0.2, 0) is 0 Å². The Bertz CT molecular complexity index is 604. The van der Waals surface area contributed by atoms with Crippen molar-refractivity contribution in [1.82, 2.24) is 5.32 Å². The number of nitrogens with one attached hydrogen (secondary N) is 1. The molecule has 0 amide bonds. The average molecular weight is 363 g/mol. The summed E-state index contributed by atoms with van der Waals surface area (Å²) in [5, 5.41) is 2.87. The molecule has 0 bridgehead atoms. The van der Waals surface area contributed by atoms with E-state index < -0.39 is 0 Å². The molecule has 0 spiro atoms. The van der Waals surface area contributed by atoms with E-state index in [-0.39, 0.29) is 5.96 Å². The Morgan fingerprint density at radius 1 is 1.27 bits per heavy atom. The summed E-state index contributed by atoms with van der Waals surface area (Å²) in [6, 6.07) is 9.38. The highest BCUT2D eigenvalue weighted by Crippen LogP contribution is 2.10. The van der Waals surface area contributed by atoms with Crippen molar-refractivity contribution in [3.05, 3.63) is 65.2 Å². The van der Waals surface area contributed by atoms with Gasteiger partial charge in [-0.3, -0.25) is 0 Å². The van der Waals surface area contributed by atoms with Gasteiger partial charge in [0, 0.05) is 16.9 Å². The molecule has 1 aromatic rings. The second-order valence-electron chi connectivity index (χ2n) is 3.99. The maximum atomic E-state index is 5.76. The van der Waals surface area contributed by atoms with Gasteiger partial charge in [-0.2, -0.15) is 0 Å². The molecule has 0 aliphatic rings. The van der Waals surface area contributed by atoms with E-state index in [0.29, 0.717) is 11.6 Å². The molecule has 6 heteroatoms. The van der Waals surface area contributed by atoms with Crippen LogP contribution in [0.25, 0.3) is 0 Å². The fraction of sp³-hybridized carbons (Fsp3) is 0.125. The molecule has 0 aliphatic carbocycles. The highest BCUT2D eigenvalue weighted by molar-refractivity contribution is 9.12. The molecule has 1 aromatic carbocycles. The molecule has 0 fully saturated rings. The number of aliphatic imine (C=N–C) groups is 2. The Labute approximate surface area is 139 Å². The third kappa shape index (κ3) is 7.44. The van der Waals surface area contributed by atoms with Gasteiger partial charge >= 0.3 is 0 Å². The second-order valence-corrected chi connectivity index (χ2v) is 4.90. The van der Waals surface area contributed by atoms with Crippen LogP contribution in [0.1, 0.15) is 13.8 Å². The van der Waals surface area contributed by atoms with E-state index in [1.807, 2.05) is 50.3 Å². The van der Waals surface area contributed by atoms with E-state index in [2.05, 4.69) is 31.2 Å². The number of benzene rings is 1. The fourth-order valence-electron chi connectivity index (χ4n) is 1.24. The predicted molar refractivity (Wildman–Crippen MR) is 95.9 cm³/mol. The van der Waals surface area contributed by atoms with Crippen molar-refractivity contribution in [2.75, 3.05) is 0 Å². The first-order valence-electron chi connectivity index (χ1n) is 6.65. The average Bonchev–Trinajstić information content (AvgIpc) is 2.55. The van der Waals surface area contributed by atoms with E-state index in [1.54, 1.807) is 18.5 Å². The van der Waals surface area contributed by atoms with Crippen LogP contribution in [0.4, 0.5) is 0 Å². The van der Waals surface area contributed by atoms with Crippen molar-refractivity contribution in [2.45, 2.75) is 13.8 Å². The summed E-state index contributed by atoms with van der Waals surface area (Å²) in [5.74, 6) is 1.34. The van der Waals surface area contributed by atoms with Gasteiger partial charge in [-0.25, -0.2) is 9.98 Å². The molecule has 3 N–H and O–H groups in total. The number of halogens is 1. The number of nitrogens with two attached hydrogens (primary N) is 1. The second kappa shape index (κ2) is 10.4. The van der Waals surface area contributed by atoms with E-state index in [1.165, 1.54) is 6.26 Å². The maximum absolute atomic E-state index is 5.76. The van der Waals surface area contributed by atoms with E-state index >= 15 is 0 Å². The number of guanidine groups is 1. The molecular formula is C16H19BrN4O. The van der Waals surface area contributed by atoms with Crippen molar-refractivity contribution < 1.29 is 4.74 Å². The lowest BCUT2D eigenvalue weighted by Gasteiger charge is -2.06. The number of nitrogens with zero attached hydrogens (tertiary/aromatic N) is 2. The summed E-state index contributed by atoms with van der Waals surface area (Å²) in [5.41, 5.74) is 5.76. The molecular weight excluding hydrogens is 344 g/mol. The van der Waals surface area contributed by atoms with E-state index in [9.17, 15) is 0 Å². The molecule has 1 rings (SSSR count). The maximum Gasteiger partial charge on any atom is 0.199 e. The minimum atomic E-state index is 0.217.